The summed E-state index contributed by atoms with van der Waals surface area (Å²) in [6.07, 6.45) is 0.151. The van der Waals surface area contributed by atoms with Crippen molar-refractivity contribution < 1.29 is 31.9 Å². The van der Waals surface area contributed by atoms with Crippen molar-refractivity contribution in [2.24, 2.45) is 0 Å². The van der Waals surface area contributed by atoms with Crippen LogP contribution in [-0.2, 0) is 16.1 Å². The fraction of sp³-hybridized carbons (Fsp3) is 0.361. The van der Waals surface area contributed by atoms with E-state index in [1.54, 1.807) is 57.2 Å². The number of benzene rings is 2. The van der Waals surface area contributed by atoms with Gasteiger partial charge in [-0.1, -0.05) is 18.2 Å². The molecule has 0 N–H and O–H groups in total. The van der Waals surface area contributed by atoms with Crippen molar-refractivity contribution in [3.05, 3.63) is 78.2 Å². The van der Waals surface area contributed by atoms with Gasteiger partial charge in [-0.25, -0.2) is 13.8 Å². The predicted molar refractivity (Wildman–Crippen MR) is 183 cm³/mol. The van der Waals surface area contributed by atoms with Crippen molar-refractivity contribution in [2.75, 3.05) is 37.0 Å². The van der Waals surface area contributed by atoms with Crippen LogP contribution in [0.2, 0.25) is 0 Å². The van der Waals surface area contributed by atoms with E-state index in [2.05, 4.69) is 32.0 Å². The number of carbonyl (C=O) groups excluding carboxylic acids is 2. The zero-order valence-electron chi connectivity index (χ0n) is 28.4. The molecule has 4 heterocycles. The van der Waals surface area contributed by atoms with Crippen molar-refractivity contribution in [1.82, 2.24) is 24.6 Å². The molecule has 0 aliphatic carbocycles. The van der Waals surface area contributed by atoms with Gasteiger partial charge in [0.25, 0.3) is 5.89 Å². The predicted octanol–water partition coefficient (Wildman–Crippen LogP) is 7.31. The number of amides is 1. The number of likely N-dealkylation sites (tertiary alicyclic amines) is 1. The van der Waals surface area contributed by atoms with E-state index < -0.39 is 29.8 Å². The van der Waals surface area contributed by atoms with Gasteiger partial charge in [0.1, 0.15) is 11.4 Å². The summed E-state index contributed by atoms with van der Waals surface area (Å²) in [7, 11) is 3.99. The molecule has 0 atom stereocenters. The molecule has 0 saturated carbocycles. The summed E-state index contributed by atoms with van der Waals surface area (Å²) >= 11 is 0. The lowest BCUT2D eigenvalue weighted by atomic mass is 10.0. The van der Waals surface area contributed by atoms with Gasteiger partial charge in [-0.3, -0.25) is 9.78 Å². The summed E-state index contributed by atoms with van der Waals surface area (Å²) in [4.78, 5) is 36.4. The zero-order chi connectivity index (χ0) is 35.7. The van der Waals surface area contributed by atoms with Crippen molar-refractivity contribution in [2.45, 2.75) is 58.2 Å². The quantitative estimate of drug-likeness (QED) is 0.147. The Morgan fingerprint density at radius 2 is 1.82 bits per heavy atom. The highest BCUT2D eigenvalue weighted by atomic mass is 19.3. The second kappa shape index (κ2) is 13.9. The number of hydrogen-bond donors (Lipinski definition) is 0. The maximum atomic E-state index is 16.5. The average molecular weight is 690 g/mol. The van der Waals surface area contributed by atoms with Crippen LogP contribution in [0.3, 0.4) is 0 Å². The number of halogens is 3. The second-order valence-electron chi connectivity index (χ2n) is 13.4. The number of nitrogens with zero attached hydrogens (tertiary/aromatic N) is 7. The maximum Gasteiger partial charge on any atom is 0.419 e. The van der Waals surface area contributed by atoms with Gasteiger partial charge >= 0.3 is 12.5 Å². The van der Waals surface area contributed by atoms with Gasteiger partial charge in [0.05, 0.1) is 40.4 Å². The Morgan fingerprint density at radius 3 is 2.46 bits per heavy atom. The number of rotatable bonds is 9. The molecule has 1 aliphatic heterocycles. The first kappa shape index (κ1) is 34.6. The molecule has 11 nitrogen and oxygen atoms in total. The lowest BCUT2D eigenvalue weighted by Crippen LogP contribution is -2.42. The molecule has 0 bridgehead atoms. The number of anilines is 2. The monoisotopic (exact) mass is 689 g/mol. The van der Waals surface area contributed by atoms with Crippen molar-refractivity contribution in [3.8, 4) is 22.7 Å². The van der Waals surface area contributed by atoms with E-state index in [1.807, 2.05) is 19.2 Å². The van der Waals surface area contributed by atoms with E-state index in [0.717, 1.165) is 31.3 Å². The lowest BCUT2D eigenvalue weighted by Gasteiger charge is -2.38. The Hall–Kier alpha value is -5.24. The molecule has 5 aromatic rings. The summed E-state index contributed by atoms with van der Waals surface area (Å²) in [5.74, 6) is -1.56. The normalized spacial score (nSPS) is 14.3. The molecule has 3 aromatic heterocycles. The van der Waals surface area contributed by atoms with Crippen LogP contribution in [0.5, 0.6) is 0 Å². The average Bonchev–Trinajstić information content (AvgIpc) is 3.73. The van der Waals surface area contributed by atoms with Crippen molar-refractivity contribution in [1.29, 1.82) is 0 Å². The summed E-state index contributed by atoms with van der Waals surface area (Å²) in [6.45, 7) is 7.03. The molecule has 1 aliphatic rings. The minimum absolute atomic E-state index is 0.0267. The smallest absolute Gasteiger partial charge is 0.419 e. The van der Waals surface area contributed by atoms with E-state index in [0.29, 0.717) is 40.3 Å². The van der Waals surface area contributed by atoms with Crippen molar-refractivity contribution in [3.63, 3.8) is 0 Å². The molecule has 14 heteroatoms. The Bertz CT molecular complexity index is 2000. The number of fused-ring (bicyclic) bond motifs is 1. The van der Waals surface area contributed by atoms with Crippen LogP contribution in [0.25, 0.3) is 33.6 Å². The van der Waals surface area contributed by atoms with Gasteiger partial charge in [0.2, 0.25) is 12.3 Å². The highest BCUT2D eigenvalue weighted by molar-refractivity contribution is 5.97. The van der Waals surface area contributed by atoms with E-state index in [4.69, 9.17) is 9.15 Å². The highest BCUT2D eigenvalue weighted by Gasteiger charge is 2.29. The van der Waals surface area contributed by atoms with E-state index in [1.165, 1.54) is 21.7 Å². The van der Waals surface area contributed by atoms with Crippen molar-refractivity contribution >= 4 is 34.8 Å². The fourth-order valence-electron chi connectivity index (χ4n) is 6.13. The first-order chi connectivity index (χ1) is 23.8. The fourth-order valence-corrected chi connectivity index (χ4v) is 6.13. The van der Waals surface area contributed by atoms with E-state index in [9.17, 15) is 18.4 Å². The molecule has 1 amide bonds. The summed E-state index contributed by atoms with van der Waals surface area (Å²) in [5, 5.41) is 7.73. The summed E-state index contributed by atoms with van der Waals surface area (Å²) < 4.78 is 54.5. The minimum Gasteiger partial charge on any atom is -0.443 e. The van der Waals surface area contributed by atoms with Crippen LogP contribution in [0.4, 0.5) is 29.3 Å². The van der Waals surface area contributed by atoms with Gasteiger partial charge in [-0.2, -0.15) is 8.78 Å². The molecule has 262 valence electrons. The van der Waals surface area contributed by atoms with Crippen LogP contribution in [0, 0.1) is 5.82 Å². The largest absolute Gasteiger partial charge is 0.443 e. The molecular weight excluding hydrogens is 651 g/mol. The van der Waals surface area contributed by atoms with Gasteiger partial charge in [-0.05, 0) is 84.1 Å². The van der Waals surface area contributed by atoms with E-state index >= 15 is 4.39 Å². The third-order valence-corrected chi connectivity index (χ3v) is 8.71. The highest BCUT2D eigenvalue weighted by Crippen LogP contribution is 2.40. The lowest BCUT2D eigenvalue weighted by molar-refractivity contribution is -0.107. The molecule has 0 spiro atoms. The number of pyridine rings is 1. The first-order valence-electron chi connectivity index (χ1n) is 16.2. The third-order valence-electron chi connectivity index (χ3n) is 8.71. The molecule has 1 saturated heterocycles. The standard InChI is InChI=1S/C36H38F3N7O4/c1-36(2,3)50-35(48)46-28-9-7-6-8-22(28)16-29(46)26-17-30(44(5)25-12-14-43(4)15-13-25)31(18-27(26)37)45(21-47)20-24-11-10-23(19-40-24)33-41-42-34(49-33)32(38)39/h6-11,16-19,21,25,32H,12-15,20H2,1-5H3. The molecule has 6 rings (SSSR count). The molecule has 0 radical (unpaired) electrons. The maximum absolute atomic E-state index is 16.5. The number of aromatic nitrogens is 4. The molecule has 0 unspecified atom stereocenters. The van der Waals surface area contributed by atoms with Gasteiger partial charge in [0.15, 0.2) is 0 Å². The van der Waals surface area contributed by atoms with Crippen LogP contribution >= 0.6 is 0 Å². The van der Waals surface area contributed by atoms with Crippen LogP contribution in [0.15, 0.2) is 65.2 Å². The number of para-hydroxylation sites is 1. The number of alkyl halides is 2. The van der Waals surface area contributed by atoms with Gasteiger partial charge < -0.3 is 23.9 Å². The Balaban J connectivity index is 1.41. The zero-order valence-corrected chi connectivity index (χ0v) is 28.4. The first-order valence-corrected chi connectivity index (χ1v) is 16.2. The van der Waals surface area contributed by atoms with Gasteiger partial charge in [-0.15, -0.1) is 10.2 Å². The third kappa shape index (κ3) is 7.20. The Labute approximate surface area is 287 Å². The second-order valence-corrected chi connectivity index (χ2v) is 13.4. The SMILES string of the molecule is CN1CCC(N(C)c2cc(-c3cc4ccccc4n3C(=O)OC(C)(C)C)c(F)cc2N(C=O)Cc2ccc(-c3nnc(C(F)F)o3)cn2)CC1. The summed E-state index contributed by atoms with van der Waals surface area (Å²) in [6, 6.07) is 15.3. The Morgan fingerprint density at radius 1 is 1.08 bits per heavy atom. The molecule has 50 heavy (non-hydrogen) atoms. The topological polar surface area (TPSA) is 110 Å². The molecule has 2 aromatic carbocycles. The molecule has 1 fully saturated rings. The Kier molecular flexibility index (Phi) is 9.65. The number of ether oxygens (including phenoxy) is 1. The molecular formula is C36H38F3N7O4. The number of hydrogen-bond acceptors (Lipinski definition) is 9. The van der Waals surface area contributed by atoms with Crippen LogP contribution in [-0.4, -0.2) is 76.0 Å². The van der Waals surface area contributed by atoms with Crippen LogP contribution < -0.4 is 9.80 Å². The number of piperidine rings is 1. The van der Waals surface area contributed by atoms with Crippen LogP contribution in [0.1, 0.15) is 51.6 Å². The van der Waals surface area contributed by atoms with Gasteiger partial charge in [0, 0.05) is 36.3 Å². The van der Waals surface area contributed by atoms with E-state index in [-0.39, 0.29) is 24.0 Å². The minimum atomic E-state index is -2.90. The summed E-state index contributed by atoms with van der Waals surface area (Å²) in [5.41, 5.74) is 1.92. The number of carbonyl (C=O) groups is 2.